The minimum absolute atomic E-state index is 0.0912. The van der Waals surface area contributed by atoms with E-state index in [0.717, 1.165) is 36.5 Å². The van der Waals surface area contributed by atoms with Gasteiger partial charge in [0.15, 0.2) is 5.82 Å². The van der Waals surface area contributed by atoms with Crippen LogP contribution >= 0.6 is 0 Å². The third kappa shape index (κ3) is 3.16. The summed E-state index contributed by atoms with van der Waals surface area (Å²) < 4.78 is 0. The minimum atomic E-state index is 0.0912. The molecule has 0 radical (unpaired) electrons. The van der Waals surface area contributed by atoms with Crippen molar-refractivity contribution in [3.63, 3.8) is 0 Å². The van der Waals surface area contributed by atoms with Crippen LogP contribution in [-0.2, 0) is 13.0 Å². The van der Waals surface area contributed by atoms with E-state index in [4.69, 9.17) is 0 Å². The van der Waals surface area contributed by atoms with Gasteiger partial charge in [0.25, 0.3) is 0 Å². The normalized spacial score (nSPS) is 16.6. The van der Waals surface area contributed by atoms with E-state index >= 15 is 0 Å². The molecule has 4 aromatic rings. The van der Waals surface area contributed by atoms with Crippen LogP contribution in [0.25, 0.3) is 11.5 Å². The Morgan fingerprint density at radius 3 is 2.61 bits per heavy atom. The van der Waals surface area contributed by atoms with E-state index in [0.29, 0.717) is 5.82 Å². The van der Waals surface area contributed by atoms with E-state index in [1.807, 2.05) is 43.0 Å². The lowest BCUT2D eigenvalue weighted by molar-refractivity contribution is 0.200. The van der Waals surface area contributed by atoms with Crippen LogP contribution < -0.4 is 0 Å². The Bertz CT molecular complexity index is 1050. The van der Waals surface area contributed by atoms with E-state index in [2.05, 4.69) is 46.9 Å². The summed E-state index contributed by atoms with van der Waals surface area (Å²) in [5, 5.41) is 0. The lowest BCUT2D eigenvalue weighted by Crippen LogP contribution is -2.35. The number of pyridine rings is 2. The van der Waals surface area contributed by atoms with Gasteiger partial charge in [-0.05, 0) is 29.8 Å². The lowest BCUT2D eigenvalue weighted by atomic mass is 9.96. The van der Waals surface area contributed by atoms with Crippen LogP contribution in [-0.4, -0.2) is 41.3 Å². The van der Waals surface area contributed by atoms with Crippen molar-refractivity contribution in [1.29, 1.82) is 0 Å². The van der Waals surface area contributed by atoms with E-state index in [1.165, 1.54) is 11.3 Å². The smallest absolute Gasteiger partial charge is 0.178 e. The van der Waals surface area contributed by atoms with Gasteiger partial charge in [0, 0.05) is 61.8 Å². The van der Waals surface area contributed by atoms with Crippen LogP contribution in [0, 0.1) is 0 Å². The van der Waals surface area contributed by atoms with Gasteiger partial charge in [0.05, 0.1) is 18.1 Å². The van der Waals surface area contributed by atoms with Gasteiger partial charge in [0.1, 0.15) is 5.69 Å². The van der Waals surface area contributed by atoms with Gasteiger partial charge >= 0.3 is 0 Å². The van der Waals surface area contributed by atoms with Gasteiger partial charge in [-0.25, -0.2) is 15.0 Å². The summed E-state index contributed by atoms with van der Waals surface area (Å²) in [5.74, 6) is 0.642. The Morgan fingerprint density at radius 1 is 0.964 bits per heavy atom. The Morgan fingerprint density at radius 2 is 1.82 bits per heavy atom. The number of aromatic amines is 1. The summed E-state index contributed by atoms with van der Waals surface area (Å²) in [6.07, 6.45) is 11.9. The summed E-state index contributed by atoms with van der Waals surface area (Å²) in [6, 6.07) is 9.95. The highest BCUT2D eigenvalue weighted by atomic mass is 15.2. The molecule has 1 aliphatic heterocycles. The maximum atomic E-state index is 4.60. The maximum Gasteiger partial charge on any atom is 0.178 e. The molecule has 0 saturated heterocycles. The van der Waals surface area contributed by atoms with Crippen molar-refractivity contribution in [1.82, 2.24) is 34.8 Å². The van der Waals surface area contributed by atoms with Crippen molar-refractivity contribution in [2.75, 3.05) is 6.54 Å². The molecule has 28 heavy (non-hydrogen) atoms. The zero-order valence-corrected chi connectivity index (χ0v) is 15.2. The predicted octanol–water partition coefficient (Wildman–Crippen LogP) is 2.80. The number of rotatable bonds is 4. The average molecular weight is 369 g/mol. The van der Waals surface area contributed by atoms with Crippen molar-refractivity contribution in [3.8, 4) is 11.5 Å². The molecule has 0 saturated carbocycles. The third-order valence-corrected chi connectivity index (χ3v) is 5.03. The Balaban J connectivity index is 1.42. The molecule has 0 bridgehead atoms. The van der Waals surface area contributed by atoms with Crippen LogP contribution in [0.15, 0.2) is 67.6 Å². The van der Waals surface area contributed by atoms with Gasteiger partial charge in [-0.15, -0.1) is 0 Å². The van der Waals surface area contributed by atoms with Gasteiger partial charge < -0.3 is 4.98 Å². The maximum absolute atomic E-state index is 4.60. The largest absolute Gasteiger partial charge is 0.348 e. The molecule has 7 nitrogen and oxygen atoms in total. The first-order valence-electron chi connectivity index (χ1n) is 9.27. The van der Waals surface area contributed by atoms with Crippen molar-refractivity contribution in [3.05, 3.63) is 90.2 Å². The molecule has 1 atom stereocenters. The highest BCUT2D eigenvalue weighted by Crippen LogP contribution is 2.33. The van der Waals surface area contributed by atoms with E-state index in [-0.39, 0.29) is 6.04 Å². The lowest BCUT2D eigenvalue weighted by Gasteiger charge is -2.35. The summed E-state index contributed by atoms with van der Waals surface area (Å²) in [7, 11) is 0. The number of nitrogens with one attached hydrogen (secondary N) is 1. The van der Waals surface area contributed by atoms with Gasteiger partial charge in [-0.2, -0.15) is 0 Å². The summed E-state index contributed by atoms with van der Waals surface area (Å²) in [4.78, 5) is 27.8. The SMILES string of the molecule is c1ccc(-c2ncc(CN3CCc4[nH]cnc4[C@@H]3c3ccncc3)cn2)nc1. The zero-order valence-electron chi connectivity index (χ0n) is 15.2. The number of hydrogen-bond acceptors (Lipinski definition) is 6. The Labute approximate surface area is 162 Å². The molecule has 0 fully saturated rings. The first-order chi connectivity index (χ1) is 13.9. The first kappa shape index (κ1) is 16.7. The van der Waals surface area contributed by atoms with Crippen molar-refractivity contribution in [2.45, 2.75) is 19.0 Å². The van der Waals surface area contributed by atoms with Crippen molar-refractivity contribution < 1.29 is 0 Å². The molecule has 4 aromatic heterocycles. The number of fused-ring (bicyclic) bond motifs is 1. The second-order valence-electron chi connectivity index (χ2n) is 6.80. The Kier molecular flexibility index (Phi) is 4.34. The molecule has 1 aliphatic rings. The topological polar surface area (TPSA) is 83.5 Å². The molecule has 0 aliphatic carbocycles. The fourth-order valence-electron chi connectivity index (χ4n) is 3.71. The molecule has 0 aromatic carbocycles. The molecule has 7 heteroatoms. The summed E-state index contributed by atoms with van der Waals surface area (Å²) >= 11 is 0. The van der Waals surface area contributed by atoms with Crippen LogP contribution in [0.5, 0.6) is 0 Å². The van der Waals surface area contributed by atoms with Gasteiger partial charge in [-0.1, -0.05) is 6.07 Å². The van der Waals surface area contributed by atoms with Crippen molar-refractivity contribution in [2.24, 2.45) is 0 Å². The van der Waals surface area contributed by atoms with Gasteiger partial charge in [0.2, 0.25) is 0 Å². The predicted molar refractivity (Wildman–Crippen MR) is 104 cm³/mol. The highest BCUT2D eigenvalue weighted by molar-refractivity contribution is 5.47. The fraction of sp³-hybridized carbons (Fsp3) is 0.190. The number of hydrogen-bond donors (Lipinski definition) is 1. The molecule has 138 valence electrons. The number of nitrogens with zero attached hydrogens (tertiary/aromatic N) is 6. The van der Waals surface area contributed by atoms with Crippen molar-refractivity contribution >= 4 is 0 Å². The molecule has 0 spiro atoms. The first-order valence-corrected chi connectivity index (χ1v) is 9.27. The molecule has 0 unspecified atom stereocenters. The number of imidazole rings is 1. The number of aromatic nitrogens is 6. The van der Waals surface area contributed by atoms with Crippen LogP contribution in [0.4, 0.5) is 0 Å². The van der Waals surface area contributed by atoms with E-state index in [9.17, 15) is 0 Å². The van der Waals surface area contributed by atoms with Crippen LogP contribution in [0.1, 0.15) is 28.6 Å². The Hall–Kier alpha value is -3.45. The third-order valence-electron chi connectivity index (χ3n) is 5.03. The molecule has 0 amide bonds. The zero-order chi connectivity index (χ0) is 18.8. The minimum Gasteiger partial charge on any atom is -0.348 e. The van der Waals surface area contributed by atoms with E-state index < -0.39 is 0 Å². The fourth-order valence-corrected chi connectivity index (χ4v) is 3.71. The highest BCUT2D eigenvalue weighted by Gasteiger charge is 2.31. The van der Waals surface area contributed by atoms with E-state index in [1.54, 1.807) is 12.5 Å². The molecule has 1 N–H and O–H groups in total. The monoisotopic (exact) mass is 369 g/mol. The average Bonchev–Trinajstić information content (AvgIpc) is 3.24. The molecule has 5 heterocycles. The van der Waals surface area contributed by atoms with Crippen LogP contribution in [0.3, 0.4) is 0 Å². The quantitative estimate of drug-likeness (QED) is 0.596. The summed E-state index contributed by atoms with van der Waals surface area (Å²) in [6.45, 7) is 1.69. The molecular formula is C21H19N7. The second-order valence-corrected chi connectivity index (χ2v) is 6.80. The second kappa shape index (κ2) is 7.28. The molecular weight excluding hydrogens is 350 g/mol. The number of H-pyrrole nitrogens is 1. The van der Waals surface area contributed by atoms with Crippen LogP contribution in [0.2, 0.25) is 0 Å². The standard InChI is InChI=1S/C21H19N7/c1-2-7-23-18(3-1)21-24-11-15(12-25-21)13-28-10-6-17-19(27-14-26-17)20(28)16-4-8-22-9-5-16/h1-5,7-9,11-12,14,20H,6,10,13H2,(H,26,27)/t20-/m0/s1. The molecule has 5 rings (SSSR count). The van der Waals surface area contributed by atoms with Gasteiger partial charge in [-0.3, -0.25) is 14.9 Å². The summed E-state index contributed by atoms with van der Waals surface area (Å²) in [5.41, 5.74) is 5.33.